The minimum absolute atomic E-state index is 0.0771. The predicted octanol–water partition coefficient (Wildman–Crippen LogP) is 3.94. The van der Waals surface area contributed by atoms with E-state index in [1.165, 1.54) is 0 Å². The molecule has 0 aliphatic heterocycles. The van der Waals surface area contributed by atoms with Crippen molar-refractivity contribution in [3.63, 3.8) is 0 Å². The zero-order valence-electron chi connectivity index (χ0n) is 15.8. The zero-order valence-corrected chi connectivity index (χ0v) is 16.7. The number of nitrogens with zero attached hydrogens (tertiary/aromatic N) is 1. The second kappa shape index (κ2) is 9.92. The van der Waals surface area contributed by atoms with Gasteiger partial charge in [0.1, 0.15) is 6.61 Å². The van der Waals surface area contributed by atoms with E-state index in [0.29, 0.717) is 43.3 Å². The van der Waals surface area contributed by atoms with Gasteiger partial charge in [-0.2, -0.15) is 0 Å². The number of thiophene rings is 1. The Hall–Kier alpha value is -2.83. The third kappa shape index (κ3) is 5.12. The van der Waals surface area contributed by atoms with Gasteiger partial charge in [-0.15, -0.1) is 11.3 Å². The van der Waals surface area contributed by atoms with Crippen LogP contribution < -0.4 is 15.2 Å². The average Bonchev–Trinajstić information content (AvgIpc) is 3.25. The van der Waals surface area contributed by atoms with Crippen LogP contribution in [0.4, 0.5) is 0 Å². The number of ether oxygens (including phenoxy) is 2. The Balaban J connectivity index is 1.74. The molecule has 1 heterocycles. The van der Waals surface area contributed by atoms with E-state index in [4.69, 9.17) is 15.2 Å². The van der Waals surface area contributed by atoms with Gasteiger partial charge in [0.2, 0.25) is 0 Å². The molecule has 0 spiro atoms. The number of benzene rings is 2. The summed E-state index contributed by atoms with van der Waals surface area (Å²) in [5.74, 6) is 1.06. The van der Waals surface area contributed by atoms with Gasteiger partial charge in [0.15, 0.2) is 11.5 Å². The quantitative estimate of drug-likeness (QED) is 0.595. The van der Waals surface area contributed by atoms with E-state index in [2.05, 4.69) is 0 Å². The maximum Gasteiger partial charge on any atom is 0.254 e. The summed E-state index contributed by atoms with van der Waals surface area (Å²) >= 11 is 1.62. The Labute approximate surface area is 169 Å². The summed E-state index contributed by atoms with van der Waals surface area (Å²) in [4.78, 5) is 15.9. The molecular formula is C22H24N2O3S. The Morgan fingerprint density at radius 2 is 1.89 bits per heavy atom. The molecule has 3 rings (SSSR count). The molecule has 0 unspecified atom stereocenters. The predicted molar refractivity (Wildman–Crippen MR) is 112 cm³/mol. The van der Waals surface area contributed by atoms with E-state index in [-0.39, 0.29) is 5.91 Å². The minimum atomic E-state index is -0.0771. The largest absolute Gasteiger partial charge is 0.493 e. The number of carbonyl (C=O) groups excluding carboxylic acids is 1. The normalized spacial score (nSPS) is 10.5. The van der Waals surface area contributed by atoms with Crippen LogP contribution in [-0.2, 0) is 13.2 Å². The molecule has 0 aliphatic carbocycles. The van der Waals surface area contributed by atoms with Crippen molar-refractivity contribution in [3.05, 3.63) is 82.0 Å². The van der Waals surface area contributed by atoms with Crippen LogP contribution in [0.15, 0.2) is 66.0 Å². The molecular weight excluding hydrogens is 372 g/mol. The van der Waals surface area contributed by atoms with Gasteiger partial charge in [-0.05, 0) is 35.2 Å². The fraction of sp³-hybridized carbons (Fsp3) is 0.227. The molecule has 2 N–H and O–H groups in total. The van der Waals surface area contributed by atoms with Crippen molar-refractivity contribution in [3.8, 4) is 11.5 Å². The first-order valence-corrected chi connectivity index (χ1v) is 9.95. The third-order valence-electron chi connectivity index (χ3n) is 4.26. The Kier molecular flexibility index (Phi) is 7.06. The Morgan fingerprint density at radius 3 is 2.57 bits per heavy atom. The SMILES string of the molecule is COc1cc(C(=O)N(CCN)Cc2cccs2)ccc1OCc1ccccc1. The molecule has 0 radical (unpaired) electrons. The number of amides is 1. The molecule has 0 bridgehead atoms. The lowest BCUT2D eigenvalue weighted by atomic mass is 10.1. The summed E-state index contributed by atoms with van der Waals surface area (Å²) in [6, 6.07) is 19.2. The van der Waals surface area contributed by atoms with Crippen LogP contribution in [0.1, 0.15) is 20.8 Å². The van der Waals surface area contributed by atoms with Gasteiger partial charge in [-0.25, -0.2) is 0 Å². The molecule has 6 heteroatoms. The topological polar surface area (TPSA) is 64.8 Å². The van der Waals surface area contributed by atoms with Crippen molar-refractivity contribution in [2.24, 2.45) is 5.73 Å². The molecule has 5 nitrogen and oxygen atoms in total. The summed E-state index contributed by atoms with van der Waals surface area (Å²) in [5, 5.41) is 2.00. The van der Waals surface area contributed by atoms with Gasteiger partial charge >= 0.3 is 0 Å². The summed E-state index contributed by atoms with van der Waals surface area (Å²) in [6.45, 7) is 1.88. The number of carbonyl (C=O) groups is 1. The fourth-order valence-electron chi connectivity index (χ4n) is 2.84. The lowest BCUT2D eigenvalue weighted by Crippen LogP contribution is -2.34. The molecule has 0 saturated heterocycles. The number of rotatable bonds is 9. The van der Waals surface area contributed by atoms with E-state index < -0.39 is 0 Å². The van der Waals surface area contributed by atoms with Crippen molar-refractivity contribution in [2.45, 2.75) is 13.2 Å². The fourth-order valence-corrected chi connectivity index (χ4v) is 3.56. The van der Waals surface area contributed by atoms with Crippen LogP contribution in [-0.4, -0.2) is 31.0 Å². The number of methoxy groups -OCH3 is 1. The highest BCUT2D eigenvalue weighted by molar-refractivity contribution is 7.09. The second-order valence-corrected chi connectivity index (χ2v) is 7.27. The first kappa shape index (κ1) is 19.9. The highest BCUT2D eigenvalue weighted by Crippen LogP contribution is 2.29. The van der Waals surface area contributed by atoms with Gasteiger partial charge in [0.05, 0.1) is 13.7 Å². The van der Waals surface area contributed by atoms with Crippen LogP contribution in [0.3, 0.4) is 0 Å². The van der Waals surface area contributed by atoms with E-state index in [1.54, 1.807) is 41.5 Å². The van der Waals surface area contributed by atoms with E-state index in [9.17, 15) is 4.79 Å². The smallest absolute Gasteiger partial charge is 0.254 e. The maximum absolute atomic E-state index is 13.0. The molecule has 0 saturated carbocycles. The van der Waals surface area contributed by atoms with Crippen molar-refractivity contribution >= 4 is 17.2 Å². The van der Waals surface area contributed by atoms with Gasteiger partial charge in [-0.1, -0.05) is 36.4 Å². The van der Waals surface area contributed by atoms with Crippen molar-refractivity contribution in [1.29, 1.82) is 0 Å². The van der Waals surface area contributed by atoms with E-state index >= 15 is 0 Å². The molecule has 0 fully saturated rings. The van der Waals surface area contributed by atoms with Gasteiger partial charge in [0.25, 0.3) is 5.91 Å². The number of hydrogen-bond acceptors (Lipinski definition) is 5. The van der Waals surface area contributed by atoms with Crippen LogP contribution >= 0.6 is 11.3 Å². The molecule has 1 amide bonds. The summed E-state index contributed by atoms with van der Waals surface area (Å²) in [5.41, 5.74) is 7.33. The summed E-state index contributed by atoms with van der Waals surface area (Å²) in [7, 11) is 1.57. The number of hydrogen-bond donors (Lipinski definition) is 1. The molecule has 2 aromatic carbocycles. The van der Waals surface area contributed by atoms with Gasteiger partial charge in [-0.3, -0.25) is 4.79 Å². The second-order valence-electron chi connectivity index (χ2n) is 6.23. The highest BCUT2D eigenvalue weighted by atomic mass is 32.1. The van der Waals surface area contributed by atoms with Crippen LogP contribution in [0.5, 0.6) is 11.5 Å². The minimum Gasteiger partial charge on any atom is -0.493 e. The van der Waals surface area contributed by atoms with Crippen LogP contribution in [0.25, 0.3) is 0 Å². The number of nitrogens with two attached hydrogens (primary N) is 1. The average molecular weight is 397 g/mol. The van der Waals surface area contributed by atoms with Gasteiger partial charge in [0, 0.05) is 23.5 Å². The van der Waals surface area contributed by atoms with Crippen molar-refractivity contribution in [2.75, 3.05) is 20.2 Å². The van der Waals surface area contributed by atoms with Crippen LogP contribution in [0.2, 0.25) is 0 Å². The molecule has 146 valence electrons. The zero-order chi connectivity index (χ0) is 19.8. The third-order valence-corrected chi connectivity index (χ3v) is 5.12. The Bertz CT molecular complexity index is 882. The standard InChI is InChI=1S/C22H24N2O3S/c1-26-21-14-18(9-10-20(21)27-16-17-6-3-2-4-7-17)22(25)24(12-11-23)15-19-8-5-13-28-19/h2-10,13-14H,11-12,15-16,23H2,1H3. The lowest BCUT2D eigenvalue weighted by Gasteiger charge is -2.22. The summed E-state index contributed by atoms with van der Waals surface area (Å²) in [6.07, 6.45) is 0. The molecule has 28 heavy (non-hydrogen) atoms. The first-order valence-electron chi connectivity index (χ1n) is 9.07. The molecule has 0 aliphatic rings. The first-order chi connectivity index (χ1) is 13.7. The highest BCUT2D eigenvalue weighted by Gasteiger charge is 2.18. The van der Waals surface area contributed by atoms with Crippen molar-refractivity contribution in [1.82, 2.24) is 4.90 Å². The van der Waals surface area contributed by atoms with E-state index in [1.807, 2.05) is 47.8 Å². The molecule has 1 aromatic heterocycles. The monoisotopic (exact) mass is 396 g/mol. The summed E-state index contributed by atoms with van der Waals surface area (Å²) < 4.78 is 11.3. The maximum atomic E-state index is 13.0. The Morgan fingerprint density at radius 1 is 1.07 bits per heavy atom. The lowest BCUT2D eigenvalue weighted by molar-refractivity contribution is 0.0749. The van der Waals surface area contributed by atoms with Gasteiger partial charge < -0.3 is 20.1 Å². The molecule has 0 atom stereocenters. The van der Waals surface area contributed by atoms with Crippen LogP contribution in [0, 0.1) is 0 Å². The van der Waals surface area contributed by atoms with E-state index in [0.717, 1.165) is 10.4 Å². The van der Waals surface area contributed by atoms with Crippen molar-refractivity contribution < 1.29 is 14.3 Å². The molecule has 3 aromatic rings.